The molecule has 30 heavy (non-hydrogen) atoms. The number of rotatable bonds is 8. The molecule has 0 aliphatic rings. The topological polar surface area (TPSA) is 32.6 Å². The monoisotopic (exact) mass is 418 g/mol. The summed E-state index contributed by atoms with van der Waals surface area (Å²) in [6.07, 6.45) is 5.31. The van der Waals surface area contributed by atoms with Crippen molar-refractivity contribution in [3.05, 3.63) is 82.6 Å². The Morgan fingerprint density at radius 1 is 1.00 bits per heavy atom. The van der Waals surface area contributed by atoms with Crippen molar-refractivity contribution >= 4 is 40.3 Å². The van der Waals surface area contributed by atoms with E-state index in [0.29, 0.717) is 5.02 Å². The first-order valence-electron chi connectivity index (χ1n) is 10.3. The molecule has 2 aromatic carbocycles. The van der Waals surface area contributed by atoms with Gasteiger partial charge in [-0.2, -0.15) is 0 Å². The maximum atomic E-state index is 6.27. The highest BCUT2D eigenvalue weighted by Gasteiger charge is 2.11. The third-order valence-electron chi connectivity index (χ3n) is 5.14. The third kappa shape index (κ3) is 4.73. The molecule has 0 amide bonds. The van der Waals surface area contributed by atoms with Crippen molar-refractivity contribution in [3.63, 3.8) is 0 Å². The SMILES string of the molecule is CN(C)CCCNCc1ccc2c(/C=C/c3ccccc3)nc3cc(Cl)ccc3n12. The first-order chi connectivity index (χ1) is 14.6. The molecule has 4 nitrogen and oxygen atoms in total. The molecule has 0 saturated carbocycles. The van der Waals surface area contributed by atoms with Crippen LogP contribution >= 0.6 is 11.6 Å². The molecule has 1 N–H and O–H groups in total. The van der Waals surface area contributed by atoms with Gasteiger partial charge in [-0.15, -0.1) is 0 Å². The van der Waals surface area contributed by atoms with Gasteiger partial charge in [0.15, 0.2) is 0 Å². The van der Waals surface area contributed by atoms with Crippen molar-refractivity contribution in [1.82, 2.24) is 19.6 Å². The highest BCUT2D eigenvalue weighted by atomic mass is 35.5. The minimum Gasteiger partial charge on any atom is -0.311 e. The molecule has 0 bridgehead atoms. The van der Waals surface area contributed by atoms with Crippen LogP contribution < -0.4 is 5.32 Å². The van der Waals surface area contributed by atoms with Crippen molar-refractivity contribution in [2.75, 3.05) is 27.2 Å². The van der Waals surface area contributed by atoms with Crippen LogP contribution in [-0.4, -0.2) is 41.5 Å². The zero-order valence-corrected chi connectivity index (χ0v) is 18.2. The van der Waals surface area contributed by atoms with E-state index in [9.17, 15) is 0 Å². The van der Waals surface area contributed by atoms with Crippen LogP contribution in [0.2, 0.25) is 5.02 Å². The number of hydrogen-bond acceptors (Lipinski definition) is 3. The second-order valence-electron chi connectivity index (χ2n) is 7.75. The molecule has 4 aromatic rings. The lowest BCUT2D eigenvalue weighted by atomic mass is 10.2. The van der Waals surface area contributed by atoms with E-state index in [-0.39, 0.29) is 0 Å². The van der Waals surface area contributed by atoms with E-state index < -0.39 is 0 Å². The number of nitrogens with one attached hydrogen (secondary N) is 1. The first kappa shape index (κ1) is 20.6. The van der Waals surface area contributed by atoms with Crippen LogP contribution in [0.25, 0.3) is 28.7 Å². The molecule has 0 saturated heterocycles. The molecule has 0 atom stereocenters. The van der Waals surface area contributed by atoms with Gasteiger partial charge in [-0.25, -0.2) is 4.98 Å². The Balaban J connectivity index is 1.69. The summed E-state index contributed by atoms with van der Waals surface area (Å²) in [5.41, 5.74) is 6.38. The number of benzene rings is 2. The average Bonchev–Trinajstić information content (AvgIpc) is 3.16. The lowest BCUT2D eigenvalue weighted by Gasteiger charge is -2.12. The number of nitrogens with zero attached hydrogens (tertiary/aromatic N) is 3. The Morgan fingerprint density at radius 2 is 1.80 bits per heavy atom. The summed E-state index contributed by atoms with van der Waals surface area (Å²) in [6.45, 7) is 2.88. The molecule has 2 heterocycles. The van der Waals surface area contributed by atoms with Gasteiger partial charge in [0.05, 0.1) is 22.2 Å². The van der Waals surface area contributed by atoms with Crippen molar-refractivity contribution in [2.45, 2.75) is 13.0 Å². The van der Waals surface area contributed by atoms with Gasteiger partial charge < -0.3 is 14.6 Å². The molecule has 4 rings (SSSR count). The van der Waals surface area contributed by atoms with Gasteiger partial charge >= 0.3 is 0 Å². The number of aromatic nitrogens is 2. The van der Waals surface area contributed by atoms with Gasteiger partial charge in [0, 0.05) is 17.3 Å². The van der Waals surface area contributed by atoms with E-state index in [1.807, 2.05) is 30.3 Å². The van der Waals surface area contributed by atoms with E-state index in [4.69, 9.17) is 16.6 Å². The molecule has 0 aliphatic carbocycles. The van der Waals surface area contributed by atoms with E-state index in [2.05, 4.69) is 71.2 Å². The van der Waals surface area contributed by atoms with Crippen molar-refractivity contribution in [2.24, 2.45) is 0 Å². The van der Waals surface area contributed by atoms with Gasteiger partial charge in [0.2, 0.25) is 0 Å². The first-order valence-corrected chi connectivity index (χ1v) is 10.7. The van der Waals surface area contributed by atoms with Gasteiger partial charge in [0.25, 0.3) is 0 Å². The maximum Gasteiger partial charge on any atom is 0.0893 e. The van der Waals surface area contributed by atoms with E-state index in [1.165, 1.54) is 5.69 Å². The smallest absolute Gasteiger partial charge is 0.0893 e. The molecular weight excluding hydrogens is 392 g/mol. The lowest BCUT2D eigenvalue weighted by Crippen LogP contribution is -2.21. The van der Waals surface area contributed by atoms with Crippen LogP contribution in [-0.2, 0) is 6.54 Å². The fraction of sp³-hybridized carbons (Fsp3) is 0.240. The Hall–Kier alpha value is -2.66. The minimum atomic E-state index is 0.697. The summed E-state index contributed by atoms with van der Waals surface area (Å²) in [4.78, 5) is 7.11. The largest absolute Gasteiger partial charge is 0.311 e. The highest BCUT2D eigenvalue weighted by Crippen LogP contribution is 2.25. The third-order valence-corrected chi connectivity index (χ3v) is 5.38. The fourth-order valence-electron chi connectivity index (χ4n) is 3.66. The Kier molecular flexibility index (Phi) is 6.48. The normalized spacial score (nSPS) is 12.0. The van der Waals surface area contributed by atoms with E-state index in [0.717, 1.165) is 53.9 Å². The second-order valence-corrected chi connectivity index (χ2v) is 8.19. The van der Waals surface area contributed by atoms with Crippen molar-refractivity contribution in [3.8, 4) is 0 Å². The molecule has 0 fully saturated rings. The quantitative estimate of drug-likeness (QED) is 0.391. The number of halogens is 1. The van der Waals surface area contributed by atoms with Crippen molar-refractivity contribution in [1.29, 1.82) is 0 Å². The molecule has 154 valence electrons. The predicted octanol–water partition coefficient (Wildman–Crippen LogP) is 5.35. The zero-order chi connectivity index (χ0) is 20.9. The summed E-state index contributed by atoms with van der Waals surface area (Å²) in [5, 5.41) is 4.27. The second kappa shape index (κ2) is 9.43. The van der Waals surface area contributed by atoms with Gasteiger partial charge in [-0.05, 0) is 75.6 Å². The van der Waals surface area contributed by atoms with Gasteiger partial charge in [-0.1, -0.05) is 48.0 Å². The fourth-order valence-corrected chi connectivity index (χ4v) is 3.83. The lowest BCUT2D eigenvalue weighted by molar-refractivity contribution is 0.394. The van der Waals surface area contributed by atoms with Gasteiger partial charge in [0.1, 0.15) is 0 Å². The van der Waals surface area contributed by atoms with E-state index in [1.54, 1.807) is 0 Å². The maximum absolute atomic E-state index is 6.27. The Morgan fingerprint density at radius 3 is 2.60 bits per heavy atom. The standard InChI is InChI=1S/C25H27ClN4/c1-29(2)16-6-15-27-18-21-11-14-24-22(12-9-19-7-4-3-5-8-19)28-23-17-20(26)10-13-25(23)30(21)24/h3-5,7-14,17,27H,6,15-16,18H2,1-2H3/b12-9+. The van der Waals surface area contributed by atoms with Crippen LogP contribution in [0.3, 0.4) is 0 Å². The van der Waals surface area contributed by atoms with Crippen LogP contribution in [0.4, 0.5) is 0 Å². The summed E-state index contributed by atoms with van der Waals surface area (Å²) < 4.78 is 2.29. The van der Waals surface area contributed by atoms with Crippen LogP contribution in [0.15, 0.2) is 60.7 Å². The summed E-state index contributed by atoms with van der Waals surface area (Å²) >= 11 is 6.27. The highest BCUT2D eigenvalue weighted by molar-refractivity contribution is 6.31. The number of hydrogen-bond donors (Lipinski definition) is 1. The van der Waals surface area contributed by atoms with Gasteiger partial charge in [-0.3, -0.25) is 0 Å². The summed E-state index contributed by atoms with van der Waals surface area (Å²) in [6, 6.07) is 20.5. The Bertz CT molecular complexity index is 1160. The molecule has 0 spiro atoms. The van der Waals surface area contributed by atoms with Crippen LogP contribution in [0, 0.1) is 0 Å². The Labute approximate surface area is 182 Å². The average molecular weight is 419 g/mol. The van der Waals surface area contributed by atoms with Crippen LogP contribution in [0.1, 0.15) is 23.4 Å². The summed E-state index contributed by atoms with van der Waals surface area (Å²) in [5.74, 6) is 0. The summed E-state index contributed by atoms with van der Waals surface area (Å²) in [7, 11) is 4.21. The number of fused-ring (bicyclic) bond motifs is 3. The zero-order valence-electron chi connectivity index (χ0n) is 17.5. The van der Waals surface area contributed by atoms with Crippen LogP contribution in [0.5, 0.6) is 0 Å². The minimum absolute atomic E-state index is 0.697. The molecular formula is C25H27ClN4. The molecule has 2 aromatic heterocycles. The predicted molar refractivity (Wildman–Crippen MR) is 128 cm³/mol. The van der Waals surface area contributed by atoms with Crippen molar-refractivity contribution < 1.29 is 0 Å². The molecule has 0 unspecified atom stereocenters. The molecule has 0 aliphatic heterocycles. The molecule has 0 radical (unpaired) electrons. The van der Waals surface area contributed by atoms with E-state index >= 15 is 0 Å². The molecule has 5 heteroatoms.